The number of hydrogen-bond donors (Lipinski definition) is 0. The van der Waals surface area contributed by atoms with Crippen LogP contribution in [0, 0.1) is 11.7 Å². The van der Waals surface area contributed by atoms with Gasteiger partial charge in [-0.05, 0) is 86.4 Å². The van der Waals surface area contributed by atoms with Gasteiger partial charge in [0.15, 0.2) is 11.5 Å². The number of methoxy groups -OCH3 is 1. The molecule has 3 aromatic rings. The van der Waals surface area contributed by atoms with Crippen LogP contribution in [-0.4, -0.2) is 52.4 Å². The number of anilines is 1. The van der Waals surface area contributed by atoms with Crippen LogP contribution < -0.4 is 13.8 Å². The van der Waals surface area contributed by atoms with Crippen molar-refractivity contribution in [1.82, 2.24) is 4.90 Å². The molecule has 1 saturated heterocycles. The summed E-state index contributed by atoms with van der Waals surface area (Å²) in [6, 6.07) is 15.2. The van der Waals surface area contributed by atoms with Crippen LogP contribution in [0.3, 0.4) is 0 Å². The van der Waals surface area contributed by atoms with Crippen LogP contribution in [0.4, 0.5) is 10.1 Å². The Balaban J connectivity index is 1.35. The maximum Gasteiger partial charge on any atom is 0.268 e. The molecule has 0 spiro atoms. The molecule has 0 aromatic heterocycles. The maximum absolute atomic E-state index is 13.9. The van der Waals surface area contributed by atoms with Crippen molar-refractivity contribution in [3.63, 3.8) is 0 Å². The Morgan fingerprint density at radius 1 is 1.05 bits per heavy atom. The Labute approximate surface area is 220 Å². The zero-order chi connectivity index (χ0) is 26.2. The first-order valence-corrected chi connectivity index (χ1v) is 13.8. The Morgan fingerprint density at radius 2 is 1.76 bits per heavy atom. The summed E-state index contributed by atoms with van der Waals surface area (Å²) in [6.07, 6.45) is 1.43. The van der Waals surface area contributed by atoms with Gasteiger partial charge in [0.2, 0.25) is 0 Å². The lowest BCUT2D eigenvalue weighted by molar-refractivity contribution is 0.0898. The molecule has 0 saturated carbocycles. The highest BCUT2D eigenvalue weighted by atomic mass is 35.5. The zero-order valence-electron chi connectivity index (χ0n) is 20.2. The first kappa shape index (κ1) is 25.5. The predicted octanol–water partition coefficient (Wildman–Crippen LogP) is 5.38. The molecule has 0 atom stereocenters. The van der Waals surface area contributed by atoms with Crippen LogP contribution >= 0.6 is 11.6 Å². The fourth-order valence-corrected chi connectivity index (χ4v) is 6.65. The van der Waals surface area contributed by atoms with E-state index in [1.807, 2.05) is 4.90 Å². The molecule has 7 nitrogen and oxygen atoms in total. The molecule has 2 aliphatic heterocycles. The number of ether oxygens (including phenoxy) is 2. The van der Waals surface area contributed by atoms with Gasteiger partial charge in [-0.2, -0.15) is 0 Å². The van der Waals surface area contributed by atoms with E-state index in [1.165, 1.54) is 41.7 Å². The molecule has 0 N–H and O–H groups in total. The van der Waals surface area contributed by atoms with Crippen molar-refractivity contribution in [2.45, 2.75) is 17.7 Å². The Hall–Kier alpha value is -3.14. The normalized spacial score (nSPS) is 17.3. The second-order valence-corrected chi connectivity index (χ2v) is 11.5. The quantitative estimate of drug-likeness (QED) is 0.388. The van der Waals surface area contributed by atoms with Gasteiger partial charge in [0.05, 0.1) is 19.3 Å². The zero-order valence-corrected chi connectivity index (χ0v) is 21.8. The van der Waals surface area contributed by atoms with Gasteiger partial charge in [0.25, 0.3) is 10.0 Å². The van der Waals surface area contributed by atoms with Crippen molar-refractivity contribution in [3.8, 4) is 17.2 Å². The summed E-state index contributed by atoms with van der Waals surface area (Å²) < 4.78 is 53.7. The van der Waals surface area contributed by atoms with Gasteiger partial charge in [0, 0.05) is 23.2 Å². The molecule has 2 heterocycles. The van der Waals surface area contributed by atoms with Crippen LogP contribution in [0.25, 0.3) is 0 Å². The van der Waals surface area contributed by atoms with E-state index in [2.05, 4.69) is 0 Å². The number of carbonyl (C=O) groups excluding carboxylic acids is 1. The summed E-state index contributed by atoms with van der Waals surface area (Å²) in [5.74, 6) is 0.753. The third-order valence-electron chi connectivity index (χ3n) is 6.79. The van der Waals surface area contributed by atoms with E-state index in [4.69, 9.17) is 21.1 Å². The minimum absolute atomic E-state index is 0.0116. The van der Waals surface area contributed by atoms with Gasteiger partial charge in [0.1, 0.15) is 22.2 Å². The van der Waals surface area contributed by atoms with E-state index in [9.17, 15) is 17.6 Å². The van der Waals surface area contributed by atoms with Crippen molar-refractivity contribution in [1.29, 1.82) is 0 Å². The molecule has 37 heavy (non-hydrogen) atoms. The van der Waals surface area contributed by atoms with Crippen molar-refractivity contribution in [2.24, 2.45) is 5.92 Å². The average molecular weight is 545 g/mol. The molecule has 0 radical (unpaired) electrons. The average Bonchev–Trinajstić information content (AvgIpc) is 2.97. The third-order valence-corrected chi connectivity index (χ3v) is 8.83. The molecule has 0 bridgehead atoms. The van der Waals surface area contributed by atoms with Crippen LogP contribution in [0.2, 0.25) is 5.02 Å². The number of sulfonamides is 1. The molecule has 194 valence electrons. The number of rotatable bonds is 6. The summed E-state index contributed by atoms with van der Waals surface area (Å²) in [7, 11) is -2.46. The maximum atomic E-state index is 13.9. The molecule has 1 fully saturated rings. The first-order valence-electron chi connectivity index (χ1n) is 11.9. The second-order valence-electron chi connectivity index (χ2n) is 9.21. The van der Waals surface area contributed by atoms with E-state index in [0.717, 1.165) is 0 Å². The number of ketones is 1. The van der Waals surface area contributed by atoms with Gasteiger partial charge in [-0.15, -0.1) is 0 Å². The Bertz CT molecular complexity index is 1420. The molecular weight excluding hydrogens is 519 g/mol. The molecule has 5 rings (SSSR count). The van der Waals surface area contributed by atoms with Gasteiger partial charge in [-0.1, -0.05) is 11.6 Å². The molecule has 0 amide bonds. The van der Waals surface area contributed by atoms with Gasteiger partial charge < -0.3 is 9.47 Å². The highest BCUT2D eigenvalue weighted by Crippen LogP contribution is 2.45. The SMILES string of the molecule is COc1ccc2c(c1)N(CC1CCN(CC(=O)c3ccc(F)cc3)CC1)S(=O)(=O)c1cc(Cl)ccc1O2. The molecule has 10 heteroatoms. The topological polar surface area (TPSA) is 76.2 Å². The summed E-state index contributed by atoms with van der Waals surface area (Å²) in [5, 5.41) is 0.300. The van der Waals surface area contributed by atoms with Crippen LogP contribution in [0.1, 0.15) is 23.2 Å². The van der Waals surface area contributed by atoms with Crippen LogP contribution in [-0.2, 0) is 10.0 Å². The van der Waals surface area contributed by atoms with Gasteiger partial charge in [-0.3, -0.25) is 14.0 Å². The highest BCUT2D eigenvalue weighted by molar-refractivity contribution is 7.93. The molecule has 0 aliphatic carbocycles. The summed E-state index contributed by atoms with van der Waals surface area (Å²) in [6.45, 7) is 1.78. The van der Waals surface area contributed by atoms with E-state index >= 15 is 0 Å². The third kappa shape index (κ3) is 5.30. The van der Waals surface area contributed by atoms with Crippen LogP contribution in [0.5, 0.6) is 17.2 Å². The number of hydrogen-bond acceptors (Lipinski definition) is 6. The minimum atomic E-state index is -3.98. The number of nitrogens with zero attached hydrogens (tertiary/aromatic N) is 2. The number of halogens is 2. The first-order chi connectivity index (χ1) is 17.7. The lowest BCUT2D eigenvalue weighted by Gasteiger charge is -2.34. The van der Waals surface area contributed by atoms with E-state index in [1.54, 1.807) is 30.3 Å². The van der Waals surface area contributed by atoms with E-state index < -0.39 is 10.0 Å². The van der Waals surface area contributed by atoms with Gasteiger partial charge >= 0.3 is 0 Å². The van der Waals surface area contributed by atoms with Crippen molar-refractivity contribution in [2.75, 3.05) is 37.6 Å². The van der Waals surface area contributed by atoms with Crippen molar-refractivity contribution >= 4 is 33.1 Å². The van der Waals surface area contributed by atoms with E-state index in [-0.39, 0.29) is 41.3 Å². The lowest BCUT2D eigenvalue weighted by atomic mass is 9.96. The molecule has 2 aliphatic rings. The van der Waals surface area contributed by atoms with Gasteiger partial charge in [-0.25, -0.2) is 12.8 Å². The number of likely N-dealkylation sites (tertiary alicyclic amines) is 1. The fourth-order valence-electron chi connectivity index (χ4n) is 4.73. The van der Waals surface area contributed by atoms with Crippen molar-refractivity contribution in [3.05, 3.63) is 77.1 Å². The Morgan fingerprint density at radius 3 is 2.46 bits per heavy atom. The summed E-state index contributed by atoms with van der Waals surface area (Å²) >= 11 is 6.16. The number of Topliss-reactive ketones (excluding diaryl/α,β-unsaturated/α-hetero) is 1. The van der Waals surface area contributed by atoms with Crippen molar-refractivity contribution < 1.29 is 27.1 Å². The van der Waals surface area contributed by atoms with E-state index in [0.29, 0.717) is 53.7 Å². The summed E-state index contributed by atoms with van der Waals surface area (Å²) in [5.41, 5.74) is 0.877. The number of fused-ring (bicyclic) bond motifs is 2. The fraction of sp³-hybridized carbons (Fsp3) is 0.296. The Kier molecular flexibility index (Phi) is 7.11. The standard InChI is InChI=1S/C27H26ClFN2O5S/c1-35-22-7-9-25-23(15-22)31(37(33,34)27-14-20(28)4-8-26(27)36-25)16-18-10-12-30(13-11-18)17-24(32)19-2-5-21(29)6-3-19/h2-9,14-15,18H,10-13,16-17H2,1H3. The lowest BCUT2D eigenvalue weighted by Crippen LogP contribution is -2.42. The number of benzene rings is 3. The largest absolute Gasteiger partial charge is 0.497 e. The smallest absolute Gasteiger partial charge is 0.268 e. The number of piperidine rings is 1. The summed E-state index contributed by atoms with van der Waals surface area (Å²) in [4.78, 5) is 14.7. The molecule has 0 unspecified atom stereocenters. The molecular formula is C27H26ClFN2O5S. The molecule has 3 aromatic carbocycles. The number of carbonyl (C=O) groups is 1. The van der Waals surface area contributed by atoms with Crippen LogP contribution in [0.15, 0.2) is 65.6 Å². The minimum Gasteiger partial charge on any atom is -0.497 e. The monoisotopic (exact) mass is 544 g/mol. The second kappa shape index (κ2) is 10.3. The highest BCUT2D eigenvalue weighted by Gasteiger charge is 2.36. The predicted molar refractivity (Wildman–Crippen MR) is 139 cm³/mol.